The van der Waals surface area contributed by atoms with Crippen LogP contribution in [0.15, 0.2) is 18.2 Å². The van der Waals surface area contributed by atoms with Crippen molar-refractivity contribution in [2.45, 2.75) is 45.2 Å². The van der Waals surface area contributed by atoms with E-state index in [1.165, 1.54) is 0 Å². The average molecular weight is 310 g/mol. The molecule has 0 saturated carbocycles. The van der Waals surface area contributed by atoms with E-state index in [1.54, 1.807) is 11.0 Å². The van der Waals surface area contributed by atoms with Crippen LogP contribution in [0.5, 0.6) is 0 Å². The molecular weight excluding hydrogens is 292 g/mol. The van der Waals surface area contributed by atoms with Crippen molar-refractivity contribution in [3.63, 3.8) is 0 Å². The molecule has 5 heteroatoms. The molecule has 3 amide bonds. The molecule has 1 saturated heterocycles. The number of nitrogens with one attached hydrogen (secondary N) is 1. The fourth-order valence-electron chi connectivity index (χ4n) is 2.99. The maximum Gasteiger partial charge on any atom is 0.255 e. The third kappa shape index (κ3) is 2.85. The first kappa shape index (κ1) is 15.3. The Hall–Kier alpha value is -2.61. The lowest BCUT2D eigenvalue weighted by molar-refractivity contribution is -0.136. The Bertz CT molecular complexity index is 742. The molecule has 0 radical (unpaired) electrons. The van der Waals surface area contributed by atoms with Gasteiger partial charge in [0.25, 0.3) is 5.91 Å². The standard InChI is InChI=1S/C18H18N2O3/c1-2-3-4-6-12-7-5-8-13-14(12)11-20(18(13)23)15-9-10-16(21)19-17(15)22/h5,7-8,15H,2-3,9-11H2,1H3,(H,19,21,22). The monoisotopic (exact) mass is 310 g/mol. The van der Waals surface area contributed by atoms with Gasteiger partial charge in [-0.1, -0.05) is 24.8 Å². The molecule has 1 atom stereocenters. The van der Waals surface area contributed by atoms with Crippen LogP contribution < -0.4 is 5.32 Å². The van der Waals surface area contributed by atoms with Crippen molar-refractivity contribution in [2.24, 2.45) is 0 Å². The maximum absolute atomic E-state index is 12.6. The molecule has 1 N–H and O–H groups in total. The van der Waals surface area contributed by atoms with Crippen molar-refractivity contribution < 1.29 is 14.4 Å². The van der Waals surface area contributed by atoms with Gasteiger partial charge in [-0.3, -0.25) is 19.7 Å². The zero-order valence-electron chi connectivity index (χ0n) is 13.0. The zero-order chi connectivity index (χ0) is 16.4. The minimum Gasteiger partial charge on any atom is -0.322 e. The molecule has 1 aromatic carbocycles. The molecule has 0 bridgehead atoms. The molecule has 2 aliphatic rings. The molecule has 1 aromatic rings. The Kier molecular flexibility index (Phi) is 4.16. The van der Waals surface area contributed by atoms with Gasteiger partial charge in [0.15, 0.2) is 0 Å². The van der Waals surface area contributed by atoms with Crippen LogP contribution >= 0.6 is 0 Å². The van der Waals surface area contributed by atoms with Gasteiger partial charge in [-0.05, 0) is 30.5 Å². The molecule has 3 rings (SSSR count). The largest absolute Gasteiger partial charge is 0.322 e. The number of imide groups is 1. The second-order valence-corrected chi connectivity index (χ2v) is 5.78. The molecule has 1 unspecified atom stereocenters. The summed E-state index contributed by atoms with van der Waals surface area (Å²) in [6, 6.07) is 4.92. The van der Waals surface area contributed by atoms with Crippen LogP contribution in [-0.4, -0.2) is 28.7 Å². The van der Waals surface area contributed by atoms with Gasteiger partial charge >= 0.3 is 0 Å². The normalized spacial score (nSPS) is 20.0. The molecule has 0 aromatic heterocycles. The fraction of sp³-hybridized carbons (Fsp3) is 0.389. The molecule has 5 nitrogen and oxygen atoms in total. The third-order valence-electron chi connectivity index (χ3n) is 4.18. The van der Waals surface area contributed by atoms with Crippen LogP contribution in [-0.2, 0) is 16.1 Å². The van der Waals surface area contributed by atoms with Gasteiger partial charge in [0.1, 0.15) is 6.04 Å². The number of hydrogen-bond acceptors (Lipinski definition) is 3. The summed E-state index contributed by atoms with van der Waals surface area (Å²) in [4.78, 5) is 37.5. The van der Waals surface area contributed by atoms with Gasteiger partial charge in [0.2, 0.25) is 11.8 Å². The lowest BCUT2D eigenvalue weighted by atomic mass is 10.0. The molecule has 0 aliphatic carbocycles. The summed E-state index contributed by atoms with van der Waals surface area (Å²) in [5.41, 5.74) is 2.34. The minimum atomic E-state index is -0.580. The Morgan fingerprint density at radius 3 is 2.87 bits per heavy atom. The molecular formula is C18H18N2O3. The predicted octanol–water partition coefficient (Wildman–Crippen LogP) is 1.60. The number of rotatable bonds is 2. The van der Waals surface area contributed by atoms with E-state index in [2.05, 4.69) is 24.1 Å². The van der Waals surface area contributed by atoms with Gasteiger partial charge in [0, 0.05) is 30.5 Å². The molecule has 118 valence electrons. The van der Waals surface area contributed by atoms with E-state index in [-0.39, 0.29) is 24.1 Å². The van der Waals surface area contributed by atoms with Crippen molar-refractivity contribution in [3.05, 3.63) is 34.9 Å². The summed E-state index contributed by atoms with van der Waals surface area (Å²) >= 11 is 0. The van der Waals surface area contributed by atoms with E-state index in [9.17, 15) is 14.4 Å². The summed E-state index contributed by atoms with van der Waals surface area (Å²) in [7, 11) is 0. The van der Waals surface area contributed by atoms with Gasteiger partial charge in [0.05, 0.1) is 0 Å². The van der Waals surface area contributed by atoms with Gasteiger partial charge in [-0.2, -0.15) is 0 Å². The zero-order valence-corrected chi connectivity index (χ0v) is 13.0. The second kappa shape index (κ2) is 6.25. The Labute approximate surface area is 135 Å². The molecule has 23 heavy (non-hydrogen) atoms. The van der Waals surface area contributed by atoms with Crippen LogP contribution in [0.2, 0.25) is 0 Å². The van der Waals surface area contributed by atoms with Crippen LogP contribution in [0.25, 0.3) is 0 Å². The van der Waals surface area contributed by atoms with Crippen molar-refractivity contribution in [1.29, 1.82) is 0 Å². The predicted molar refractivity (Wildman–Crippen MR) is 84.3 cm³/mol. The van der Waals surface area contributed by atoms with E-state index < -0.39 is 6.04 Å². The SMILES string of the molecule is CCCC#Cc1cccc2c1CN(C1CCC(=O)NC1=O)C2=O. The first-order valence-corrected chi connectivity index (χ1v) is 7.87. The number of unbranched alkanes of at least 4 members (excludes halogenated alkanes) is 1. The Balaban J connectivity index is 1.87. The van der Waals surface area contributed by atoms with E-state index in [0.29, 0.717) is 18.5 Å². The Morgan fingerprint density at radius 2 is 2.13 bits per heavy atom. The second-order valence-electron chi connectivity index (χ2n) is 5.78. The van der Waals surface area contributed by atoms with E-state index in [1.807, 2.05) is 12.1 Å². The molecule has 0 spiro atoms. The van der Waals surface area contributed by atoms with Crippen molar-refractivity contribution in [1.82, 2.24) is 10.2 Å². The lowest BCUT2D eigenvalue weighted by Gasteiger charge is -2.29. The quantitative estimate of drug-likeness (QED) is 0.666. The number of carbonyl (C=O) groups excluding carboxylic acids is 3. The van der Waals surface area contributed by atoms with E-state index in [4.69, 9.17) is 0 Å². The summed E-state index contributed by atoms with van der Waals surface area (Å²) in [6.07, 6.45) is 2.44. The number of piperidine rings is 1. The van der Waals surface area contributed by atoms with E-state index in [0.717, 1.165) is 24.0 Å². The number of benzene rings is 1. The average Bonchev–Trinajstić information content (AvgIpc) is 2.86. The van der Waals surface area contributed by atoms with Crippen LogP contribution in [0.1, 0.15) is 54.1 Å². The van der Waals surface area contributed by atoms with Crippen LogP contribution in [0.3, 0.4) is 0 Å². The van der Waals surface area contributed by atoms with Gasteiger partial charge in [-0.25, -0.2) is 0 Å². The Morgan fingerprint density at radius 1 is 1.30 bits per heavy atom. The molecule has 2 aliphatic heterocycles. The lowest BCUT2D eigenvalue weighted by Crippen LogP contribution is -2.52. The highest BCUT2D eigenvalue weighted by Gasteiger charge is 2.39. The third-order valence-corrected chi connectivity index (χ3v) is 4.18. The van der Waals surface area contributed by atoms with Crippen molar-refractivity contribution in [2.75, 3.05) is 0 Å². The van der Waals surface area contributed by atoms with Crippen molar-refractivity contribution in [3.8, 4) is 11.8 Å². The topological polar surface area (TPSA) is 66.5 Å². The molecule has 1 fully saturated rings. The number of fused-ring (bicyclic) bond motifs is 1. The van der Waals surface area contributed by atoms with Gasteiger partial charge in [-0.15, -0.1) is 0 Å². The summed E-state index contributed by atoms with van der Waals surface area (Å²) in [5, 5.41) is 2.31. The fourth-order valence-corrected chi connectivity index (χ4v) is 2.99. The summed E-state index contributed by atoms with van der Waals surface area (Å²) in [6.45, 7) is 2.44. The van der Waals surface area contributed by atoms with Crippen molar-refractivity contribution >= 4 is 17.7 Å². The molecule has 2 heterocycles. The first-order chi connectivity index (χ1) is 11.1. The van der Waals surface area contributed by atoms with Crippen LogP contribution in [0, 0.1) is 11.8 Å². The highest BCUT2D eigenvalue weighted by Crippen LogP contribution is 2.29. The smallest absolute Gasteiger partial charge is 0.255 e. The number of amides is 3. The van der Waals surface area contributed by atoms with Gasteiger partial charge < -0.3 is 4.90 Å². The first-order valence-electron chi connectivity index (χ1n) is 7.87. The maximum atomic E-state index is 12.6. The summed E-state index contributed by atoms with van der Waals surface area (Å²) < 4.78 is 0. The number of carbonyl (C=O) groups is 3. The number of hydrogen-bond donors (Lipinski definition) is 1. The van der Waals surface area contributed by atoms with E-state index >= 15 is 0 Å². The highest BCUT2D eigenvalue weighted by molar-refractivity contribution is 6.05. The minimum absolute atomic E-state index is 0.159. The number of nitrogens with zero attached hydrogens (tertiary/aromatic N) is 1. The summed E-state index contributed by atoms with van der Waals surface area (Å²) in [5.74, 6) is 5.40. The highest BCUT2D eigenvalue weighted by atomic mass is 16.2. The van der Waals surface area contributed by atoms with Crippen LogP contribution in [0.4, 0.5) is 0 Å².